The van der Waals surface area contributed by atoms with Crippen molar-refractivity contribution in [3.63, 3.8) is 0 Å². The smallest absolute Gasteiger partial charge is 0.227 e. The summed E-state index contributed by atoms with van der Waals surface area (Å²) in [7, 11) is 0. The number of H-pyrrole nitrogens is 2. The number of pyridine rings is 3. The van der Waals surface area contributed by atoms with E-state index < -0.39 is 5.82 Å². The molecule has 11 heteroatoms. The minimum atomic E-state index is -0.607. The molecule has 1 aliphatic carbocycles. The van der Waals surface area contributed by atoms with Gasteiger partial charge in [-0.15, -0.1) is 0 Å². The predicted molar refractivity (Wildman–Crippen MR) is 141 cm³/mol. The van der Waals surface area contributed by atoms with E-state index in [9.17, 15) is 9.18 Å². The van der Waals surface area contributed by atoms with Gasteiger partial charge in [-0.3, -0.25) is 24.8 Å². The molecule has 9 nitrogen and oxygen atoms in total. The zero-order valence-electron chi connectivity index (χ0n) is 20.4. The van der Waals surface area contributed by atoms with Crippen molar-refractivity contribution in [2.45, 2.75) is 19.3 Å². The van der Waals surface area contributed by atoms with Crippen LogP contribution in [-0.2, 0) is 4.79 Å². The summed E-state index contributed by atoms with van der Waals surface area (Å²) in [5.74, 6) is -0.724. The second kappa shape index (κ2) is 9.05. The lowest BCUT2D eigenvalue weighted by Crippen LogP contribution is -2.28. The van der Waals surface area contributed by atoms with E-state index in [4.69, 9.17) is 0 Å². The molecule has 39 heavy (non-hydrogen) atoms. The standard InChI is InChI=1S/C28H20F2N8O/c29-17-6-2-5-15(9-17)24-25-19(7-8-32-24)35-27(36-25)26-21-20(37-38-26)13-33-23(22(21)30)16-10-18(12-31-11-16)34-28(39)14-3-1-4-14/h2,5-14H,1,3-4H2,(H,34,39)(H,35,36)(H,37,38). The lowest BCUT2D eigenvalue weighted by molar-refractivity contribution is -0.122. The SMILES string of the molecule is O=C(Nc1cncc(-c2ncc3[nH]nc(-c4nc5c(-c6cccc(F)c6)nccc5[nH]4)c3c2F)c1)C1CCC1. The second-order valence-electron chi connectivity index (χ2n) is 9.51. The van der Waals surface area contributed by atoms with Gasteiger partial charge in [0.15, 0.2) is 11.6 Å². The van der Waals surface area contributed by atoms with E-state index in [1.165, 1.54) is 30.7 Å². The van der Waals surface area contributed by atoms with Crippen LogP contribution in [0.5, 0.6) is 0 Å². The van der Waals surface area contributed by atoms with Gasteiger partial charge in [-0.05, 0) is 37.1 Å². The van der Waals surface area contributed by atoms with E-state index in [0.29, 0.717) is 44.9 Å². The molecule has 0 spiro atoms. The summed E-state index contributed by atoms with van der Waals surface area (Å²) in [5.41, 5.74) is 3.81. The van der Waals surface area contributed by atoms with Gasteiger partial charge in [-0.25, -0.2) is 13.8 Å². The van der Waals surface area contributed by atoms with Gasteiger partial charge in [-0.2, -0.15) is 5.10 Å². The van der Waals surface area contributed by atoms with Crippen LogP contribution in [0.4, 0.5) is 14.5 Å². The molecule has 192 valence electrons. The highest BCUT2D eigenvalue weighted by Gasteiger charge is 2.26. The number of amides is 1. The molecule has 5 aromatic heterocycles. The van der Waals surface area contributed by atoms with Crippen LogP contribution in [0.2, 0.25) is 0 Å². The molecule has 1 aliphatic rings. The number of carbonyl (C=O) groups excluding carboxylic acids is 1. The highest BCUT2D eigenvalue weighted by Crippen LogP contribution is 2.34. The number of anilines is 1. The Morgan fingerprint density at radius 2 is 1.85 bits per heavy atom. The average molecular weight is 523 g/mol. The highest BCUT2D eigenvalue weighted by molar-refractivity contribution is 5.98. The van der Waals surface area contributed by atoms with Crippen molar-refractivity contribution in [1.82, 2.24) is 35.1 Å². The summed E-state index contributed by atoms with van der Waals surface area (Å²) in [6.07, 6.45) is 8.90. The quantitative estimate of drug-likeness (QED) is 0.269. The van der Waals surface area contributed by atoms with E-state index in [1.54, 1.807) is 30.5 Å². The number of aromatic amines is 2. The lowest BCUT2D eigenvalue weighted by Gasteiger charge is -2.24. The monoisotopic (exact) mass is 522 g/mol. The third-order valence-electron chi connectivity index (χ3n) is 7.02. The molecule has 6 aromatic rings. The van der Waals surface area contributed by atoms with Gasteiger partial charge in [0.25, 0.3) is 0 Å². The number of hydrogen-bond acceptors (Lipinski definition) is 6. The van der Waals surface area contributed by atoms with Crippen LogP contribution in [0.1, 0.15) is 19.3 Å². The van der Waals surface area contributed by atoms with Gasteiger partial charge >= 0.3 is 0 Å². The van der Waals surface area contributed by atoms with Crippen molar-refractivity contribution in [1.29, 1.82) is 0 Å². The van der Waals surface area contributed by atoms with Crippen LogP contribution in [0.15, 0.2) is 61.2 Å². The fourth-order valence-corrected chi connectivity index (χ4v) is 4.79. The molecular formula is C28H20F2N8O. The number of imidazole rings is 1. The molecule has 7 rings (SSSR count). The van der Waals surface area contributed by atoms with Crippen LogP contribution in [0.25, 0.3) is 56.0 Å². The lowest BCUT2D eigenvalue weighted by atomic mass is 9.85. The van der Waals surface area contributed by atoms with Gasteiger partial charge in [0, 0.05) is 29.4 Å². The van der Waals surface area contributed by atoms with Crippen molar-refractivity contribution < 1.29 is 13.6 Å². The van der Waals surface area contributed by atoms with Crippen LogP contribution >= 0.6 is 0 Å². The van der Waals surface area contributed by atoms with Crippen LogP contribution in [0, 0.1) is 17.6 Å². The number of hydrogen-bond donors (Lipinski definition) is 3. The number of nitrogens with one attached hydrogen (secondary N) is 3. The average Bonchev–Trinajstić information content (AvgIpc) is 3.52. The first-order chi connectivity index (χ1) is 19.0. The Bertz CT molecular complexity index is 1890. The zero-order chi connectivity index (χ0) is 26.5. The van der Waals surface area contributed by atoms with Crippen molar-refractivity contribution in [3.8, 4) is 34.0 Å². The third-order valence-corrected chi connectivity index (χ3v) is 7.02. The molecule has 0 atom stereocenters. The fourth-order valence-electron chi connectivity index (χ4n) is 4.79. The Morgan fingerprint density at radius 3 is 2.67 bits per heavy atom. The van der Waals surface area contributed by atoms with E-state index in [1.807, 2.05) is 0 Å². The van der Waals surface area contributed by atoms with Crippen LogP contribution in [-0.4, -0.2) is 41.0 Å². The first-order valence-electron chi connectivity index (χ1n) is 12.4. The van der Waals surface area contributed by atoms with E-state index in [-0.39, 0.29) is 34.4 Å². The van der Waals surface area contributed by atoms with Gasteiger partial charge in [0.1, 0.15) is 22.7 Å². The van der Waals surface area contributed by atoms with Crippen molar-refractivity contribution in [3.05, 3.63) is 72.8 Å². The fraction of sp³-hybridized carbons (Fsp3) is 0.143. The number of halogens is 2. The molecule has 0 unspecified atom stereocenters. The van der Waals surface area contributed by atoms with E-state index in [0.717, 1.165) is 19.3 Å². The molecular weight excluding hydrogens is 502 g/mol. The number of nitrogens with zero attached hydrogens (tertiary/aromatic N) is 5. The molecule has 3 N–H and O–H groups in total. The van der Waals surface area contributed by atoms with Gasteiger partial charge in [0.2, 0.25) is 5.91 Å². The summed E-state index contributed by atoms with van der Waals surface area (Å²) in [6.45, 7) is 0. The summed E-state index contributed by atoms with van der Waals surface area (Å²) >= 11 is 0. The Kier molecular flexibility index (Phi) is 5.36. The molecule has 1 saturated carbocycles. The van der Waals surface area contributed by atoms with E-state index in [2.05, 4.69) is 40.4 Å². The highest BCUT2D eigenvalue weighted by atomic mass is 19.1. The number of benzene rings is 1. The summed E-state index contributed by atoms with van der Waals surface area (Å²) in [4.78, 5) is 33.1. The third kappa shape index (κ3) is 3.99. The van der Waals surface area contributed by atoms with Gasteiger partial charge in [0.05, 0.1) is 40.2 Å². The Hall–Kier alpha value is -5.06. The maximum atomic E-state index is 16.0. The number of fused-ring (bicyclic) bond motifs is 2. The Morgan fingerprint density at radius 1 is 0.949 bits per heavy atom. The summed E-state index contributed by atoms with van der Waals surface area (Å²) in [5, 5.41) is 10.2. The van der Waals surface area contributed by atoms with Gasteiger partial charge in [-0.1, -0.05) is 18.6 Å². The van der Waals surface area contributed by atoms with Crippen LogP contribution in [0.3, 0.4) is 0 Å². The topological polar surface area (TPSA) is 125 Å². The zero-order valence-corrected chi connectivity index (χ0v) is 20.4. The maximum absolute atomic E-state index is 16.0. The normalized spacial score (nSPS) is 13.6. The minimum absolute atomic E-state index is 0.00814. The van der Waals surface area contributed by atoms with Crippen molar-refractivity contribution in [2.24, 2.45) is 5.92 Å². The van der Waals surface area contributed by atoms with Crippen molar-refractivity contribution in [2.75, 3.05) is 5.32 Å². The molecule has 1 amide bonds. The minimum Gasteiger partial charge on any atom is -0.336 e. The molecule has 0 saturated heterocycles. The van der Waals surface area contributed by atoms with Crippen molar-refractivity contribution >= 4 is 33.5 Å². The molecule has 0 aliphatic heterocycles. The molecule has 0 radical (unpaired) electrons. The van der Waals surface area contributed by atoms with E-state index >= 15 is 4.39 Å². The number of rotatable bonds is 5. The molecule has 0 bridgehead atoms. The number of carbonyl (C=O) groups is 1. The molecule has 5 heterocycles. The Labute approximate surface area is 219 Å². The Balaban J connectivity index is 1.30. The largest absolute Gasteiger partial charge is 0.336 e. The molecule has 1 fully saturated rings. The second-order valence-corrected chi connectivity index (χ2v) is 9.51. The first-order valence-corrected chi connectivity index (χ1v) is 12.4. The first kappa shape index (κ1) is 23.1. The predicted octanol–water partition coefficient (Wildman–Crippen LogP) is 5.64. The van der Waals surface area contributed by atoms with Gasteiger partial charge < -0.3 is 10.3 Å². The molecule has 1 aromatic carbocycles. The summed E-state index contributed by atoms with van der Waals surface area (Å²) < 4.78 is 29.9. The maximum Gasteiger partial charge on any atom is 0.227 e. The summed E-state index contributed by atoms with van der Waals surface area (Å²) in [6, 6.07) is 9.48. The number of aromatic nitrogens is 7. The van der Waals surface area contributed by atoms with Crippen LogP contribution < -0.4 is 5.32 Å².